The molecule has 1 saturated carbocycles. The van der Waals surface area contributed by atoms with Gasteiger partial charge in [0.1, 0.15) is 53.2 Å². The summed E-state index contributed by atoms with van der Waals surface area (Å²) in [5.41, 5.74) is 9.63. The molecule has 496 valence electrons. The molecule has 24 heteroatoms. The van der Waals surface area contributed by atoms with Gasteiger partial charge in [-0.05, 0) is 119 Å². The molecule has 3 amide bonds. The number of hydrogen-bond acceptors (Lipinski definition) is 18. The van der Waals surface area contributed by atoms with Gasteiger partial charge in [-0.15, -0.1) is 16.4 Å². The van der Waals surface area contributed by atoms with E-state index in [-0.39, 0.29) is 74.3 Å². The molecule has 6 atom stereocenters. The van der Waals surface area contributed by atoms with Crippen LogP contribution in [-0.4, -0.2) is 161 Å². The van der Waals surface area contributed by atoms with Gasteiger partial charge in [0.15, 0.2) is 12.0 Å². The zero-order valence-electron chi connectivity index (χ0n) is 54.6. The van der Waals surface area contributed by atoms with E-state index in [0.717, 1.165) is 81.3 Å². The Bertz CT molecular complexity index is 4080. The Morgan fingerprint density at radius 2 is 1.68 bits per heavy atom. The third-order valence-electron chi connectivity index (χ3n) is 18.9. The molecule has 4 aromatic heterocycles. The van der Waals surface area contributed by atoms with Gasteiger partial charge in [-0.3, -0.25) is 9.59 Å². The number of likely N-dealkylation sites (tertiary alicyclic amines) is 2. The van der Waals surface area contributed by atoms with Crippen molar-refractivity contribution in [1.29, 1.82) is 0 Å². The van der Waals surface area contributed by atoms with Crippen molar-refractivity contribution in [3.05, 3.63) is 112 Å². The number of nitrogens with zero attached hydrogens (tertiary/aromatic N) is 11. The number of benzene rings is 4. The molecule has 1 unspecified atom stereocenters. The summed E-state index contributed by atoms with van der Waals surface area (Å²) in [5, 5.41) is 39.9. The average Bonchev–Trinajstić information content (AvgIpc) is 1.29. The number of aromatic nitrogens is 8. The predicted molar refractivity (Wildman–Crippen MR) is 353 cm³/mol. The monoisotopic (exact) mass is 1300 g/mol. The van der Waals surface area contributed by atoms with Gasteiger partial charge in [-0.2, -0.15) is 15.1 Å². The molecule has 3 N–H and O–H groups in total. The van der Waals surface area contributed by atoms with Gasteiger partial charge in [-0.1, -0.05) is 67.6 Å². The summed E-state index contributed by atoms with van der Waals surface area (Å²) < 4.78 is 52.2. The van der Waals surface area contributed by atoms with Crippen LogP contribution in [0.4, 0.5) is 15.0 Å². The number of nitrogens with one attached hydrogen (secondary N) is 1. The number of carbonyl (C=O) groups is 3. The number of aliphatic hydroxyl groups is 2. The number of halogens is 1. The Kier molecular flexibility index (Phi) is 18.5. The summed E-state index contributed by atoms with van der Waals surface area (Å²) in [6, 6.07) is 16.4. The number of amides is 3. The van der Waals surface area contributed by atoms with Crippen LogP contribution in [-0.2, 0) is 30.4 Å². The zero-order chi connectivity index (χ0) is 65.7. The summed E-state index contributed by atoms with van der Waals surface area (Å²) in [6.07, 6.45) is 8.13. The highest BCUT2D eigenvalue weighted by Crippen LogP contribution is 2.54. The highest BCUT2D eigenvalue weighted by atomic mass is 32.1. The molecule has 4 aromatic carbocycles. The van der Waals surface area contributed by atoms with Crippen LogP contribution in [0.2, 0.25) is 0 Å². The number of anilines is 1. The minimum atomic E-state index is -1.00. The number of β-amino-alcohol motifs (C(OH)–C–C–N with tert-alkyl or cyclic N) is 1. The molecule has 22 nitrogen and oxygen atoms in total. The van der Waals surface area contributed by atoms with Gasteiger partial charge in [0.25, 0.3) is 0 Å². The molecule has 94 heavy (non-hydrogen) atoms. The van der Waals surface area contributed by atoms with E-state index < -0.39 is 41.6 Å². The molecule has 0 spiro atoms. The fourth-order valence-corrected chi connectivity index (χ4v) is 14.5. The number of rotatable bonds is 19. The third-order valence-corrected chi connectivity index (χ3v) is 19.8. The quantitative estimate of drug-likeness (QED) is 0.0681. The van der Waals surface area contributed by atoms with E-state index in [2.05, 4.69) is 31.6 Å². The Balaban J connectivity index is 0.820. The molecular weight excluding hydrogens is 1220 g/mol. The summed E-state index contributed by atoms with van der Waals surface area (Å²) >= 11 is 1.54. The Hall–Kier alpha value is -8.16. The maximum Gasteiger partial charge on any atom is 0.410 e. The lowest BCUT2D eigenvalue weighted by atomic mass is 9.88. The van der Waals surface area contributed by atoms with Crippen LogP contribution >= 0.6 is 11.3 Å². The summed E-state index contributed by atoms with van der Waals surface area (Å²) in [4.78, 5) is 63.6. The van der Waals surface area contributed by atoms with Crippen molar-refractivity contribution in [2.45, 2.75) is 167 Å². The average molecular weight is 1300 g/mol. The van der Waals surface area contributed by atoms with Gasteiger partial charge < -0.3 is 53.9 Å². The molecule has 0 bridgehead atoms. The first kappa shape index (κ1) is 64.5. The van der Waals surface area contributed by atoms with E-state index >= 15 is 4.39 Å². The first-order chi connectivity index (χ1) is 45.3. The van der Waals surface area contributed by atoms with Crippen LogP contribution in [0.5, 0.6) is 11.8 Å². The number of thiazole rings is 1. The number of aryl methyl sites for hydroxylation is 1. The van der Waals surface area contributed by atoms with Crippen LogP contribution in [0.25, 0.3) is 54.6 Å². The molecule has 4 aliphatic heterocycles. The second kappa shape index (κ2) is 26.9. The number of hydrogen-bond donors (Lipinski definition) is 3. The molecule has 8 heterocycles. The van der Waals surface area contributed by atoms with Crippen LogP contribution in [0, 0.1) is 25.6 Å². The smallest absolute Gasteiger partial charge is 0.410 e. The number of ether oxygens (including phenoxy) is 5. The second-order valence-corrected chi connectivity index (χ2v) is 27.9. The lowest BCUT2D eigenvalue weighted by Crippen LogP contribution is -2.50. The Morgan fingerprint density at radius 1 is 0.915 bits per heavy atom. The van der Waals surface area contributed by atoms with E-state index in [1.54, 1.807) is 29.6 Å². The summed E-state index contributed by atoms with van der Waals surface area (Å²) in [7, 11) is 2.00. The fraction of sp³-hybridized carbons (Fsp3) is 0.500. The molecular formula is C70H83FN12O10S. The number of likely N-dealkylation sites (N-methyl/N-ethyl adjacent to an activating group) is 1. The molecule has 13 rings (SSSR count). The van der Waals surface area contributed by atoms with Gasteiger partial charge >= 0.3 is 12.1 Å². The van der Waals surface area contributed by atoms with E-state index in [4.69, 9.17) is 38.8 Å². The summed E-state index contributed by atoms with van der Waals surface area (Å²) in [6.45, 7) is 15.3. The van der Waals surface area contributed by atoms with Crippen LogP contribution in [0.3, 0.4) is 0 Å². The third kappa shape index (κ3) is 13.3. The maximum absolute atomic E-state index is 17.0. The van der Waals surface area contributed by atoms with E-state index in [0.29, 0.717) is 97.2 Å². The first-order valence-corrected chi connectivity index (χ1v) is 33.8. The van der Waals surface area contributed by atoms with Gasteiger partial charge in [0.05, 0.1) is 66.0 Å². The standard InChI is InChI=1S/C70H83FN12O10S/c1-39(2)62(67(87)81-34-48(85)29-57(81)66(86)74-55(36-84)45-18-20-46(21-19-45)64-41(4)72-38-94-64)82-35-54(77-78-82)44-14-12-42(13-15-44)37-91-63-60(59-40(3)53(71)31-56-52(59)32-73-83(56)58-11-9-10-26-90-58)50(43-16-17-43)30-51-61(63)75-68(92-49-23-27-89-28-24-49)76-65(51)79(8)47-22-25-80(33-47)69(88)93-70(5,6)7/h12-15,18-21,30-32,35,38-39,43,47-49,55,57-58,62,84-85H,9-11,16-17,22-29,33-34,36-37H2,1-8H3,(H,74,86)/t47-,48+,55-,57-,58?,62-/m0/s1. The normalized spacial score (nSPS) is 20.3. The molecule has 1 aliphatic carbocycles. The Labute approximate surface area is 549 Å². The highest BCUT2D eigenvalue weighted by Gasteiger charge is 2.44. The van der Waals surface area contributed by atoms with E-state index in [9.17, 15) is 24.6 Å². The number of aliphatic hydroxyl groups excluding tert-OH is 2. The van der Waals surface area contributed by atoms with Gasteiger partial charge in [-0.25, -0.2) is 23.5 Å². The minimum Gasteiger partial charge on any atom is -0.486 e. The molecule has 0 radical (unpaired) electrons. The van der Waals surface area contributed by atoms with Crippen molar-refractivity contribution in [1.82, 2.24) is 54.8 Å². The molecule has 5 aliphatic rings. The topological polar surface area (TPSA) is 247 Å². The fourth-order valence-electron chi connectivity index (χ4n) is 13.6. The van der Waals surface area contributed by atoms with Crippen molar-refractivity contribution < 1.29 is 52.7 Å². The SMILES string of the molecule is Cc1ncsc1-c1ccc([C@H](CO)NC(=O)[C@@H]2C[C@@H](O)CN2C(=O)[C@H](C(C)C)n2cc(-c3ccc(COc4c(-c5c(C)c(F)cc6c5cnn6C5CCCCO5)c(C5CC5)cc5c(N(C)[C@H]6CCN(C(=O)OC(C)(C)C)C6)nc(OC6CCOCC6)nc45)cc3)nn2)cc1. The number of carbonyl (C=O) groups excluding carboxylic acids is 3. The highest BCUT2D eigenvalue weighted by molar-refractivity contribution is 7.13. The van der Waals surface area contributed by atoms with Crippen molar-refractivity contribution in [3.63, 3.8) is 0 Å². The largest absolute Gasteiger partial charge is 0.486 e. The molecule has 5 fully saturated rings. The first-order valence-electron chi connectivity index (χ1n) is 32.9. The predicted octanol–water partition coefficient (Wildman–Crippen LogP) is 11.0. The Morgan fingerprint density at radius 3 is 2.37 bits per heavy atom. The van der Waals surface area contributed by atoms with Crippen LogP contribution < -0.4 is 19.7 Å². The molecule has 8 aromatic rings. The van der Waals surface area contributed by atoms with Crippen molar-refractivity contribution in [3.8, 4) is 44.6 Å². The van der Waals surface area contributed by atoms with Gasteiger partial charge in [0, 0.05) is 92.1 Å². The van der Waals surface area contributed by atoms with Crippen molar-refractivity contribution >= 4 is 56.9 Å². The van der Waals surface area contributed by atoms with Gasteiger partial charge in [0.2, 0.25) is 11.8 Å². The van der Waals surface area contributed by atoms with E-state index in [1.807, 2.05) is 108 Å². The second-order valence-electron chi connectivity index (χ2n) is 27.1. The lowest BCUT2D eigenvalue weighted by molar-refractivity contribution is -0.142. The lowest BCUT2D eigenvalue weighted by Gasteiger charge is -2.30. The minimum absolute atomic E-state index is 0.0265. The van der Waals surface area contributed by atoms with Crippen molar-refractivity contribution in [2.75, 3.05) is 58.0 Å². The zero-order valence-corrected chi connectivity index (χ0v) is 55.4. The van der Waals surface area contributed by atoms with E-state index in [1.165, 1.54) is 20.9 Å². The number of fused-ring (bicyclic) bond motifs is 2. The van der Waals surface area contributed by atoms with Crippen molar-refractivity contribution in [2.24, 2.45) is 5.92 Å². The summed E-state index contributed by atoms with van der Waals surface area (Å²) in [5.74, 6) is -0.405. The maximum atomic E-state index is 17.0. The molecule has 4 saturated heterocycles. The van der Waals surface area contributed by atoms with Crippen LogP contribution in [0.1, 0.15) is 145 Å². The van der Waals surface area contributed by atoms with Crippen LogP contribution in [0.15, 0.2) is 78.6 Å².